The van der Waals surface area contributed by atoms with E-state index in [2.05, 4.69) is 62.8 Å². The number of nitrogens with zero attached hydrogens (tertiary/aromatic N) is 9. The number of nitrogens with one attached hydrogen (secondary N) is 1. The third kappa shape index (κ3) is 11.2. The zero-order valence-electron chi connectivity index (χ0n) is 43.9. The number of aromatic nitrogens is 4. The van der Waals surface area contributed by atoms with Crippen molar-refractivity contribution in [3.05, 3.63) is 137 Å². The fourth-order valence-corrected chi connectivity index (χ4v) is 12.0. The molecule has 1 N–H and O–H groups in total. The van der Waals surface area contributed by atoms with Crippen molar-refractivity contribution in [3.8, 4) is 69.3 Å². The van der Waals surface area contributed by atoms with Crippen molar-refractivity contribution in [2.75, 3.05) is 33.7 Å². The number of likely N-dealkylation sites (N-methyl/N-ethyl adjacent to an activating group) is 1. The maximum absolute atomic E-state index is 13.6. The molecule has 7 aromatic rings. The predicted molar refractivity (Wildman–Crippen MR) is 286 cm³/mol. The van der Waals surface area contributed by atoms with Gasteiger partial charge in [-0.1, -0.05) is 71.8 Å². The van der Waals surface area contributed by atoms with Gasteiger partial charge in [0.05, 0.1) is 40.3 Å². The van der Waals surface area contributed by atoms with E-state index >= 15 is 0 Å². The summed E-state index contributed by atoms with van der Waals surface area (Å²) in [7, 11) is 0.447. The lowest BCUT2D eigenvalue weighted by atomic mass is 10.0. The topological polar surface area (TPSA) is 217 Å². The molecule has 1 saturated heterocycles. The van der Waals surface area contributed by atoms with Crippen LogP contribution in [0, 0.1) is 22.7 Å². The monoisotopic (exact) mass is 1040 g/mol. The Kier molecular flexibility index (Phi) is 16.0. The first-order valence-electron chi connectivity index (χ1n) is 25.8. The number of amides is 2. The number of likely N-dealkylation sites (tertiary alicyclic amines) is 1. The van der Waals surface area contributed by atoms with Crippen LogP contribution in [0.1, 0.15) is 106 Å². The molecule has 3 heterocycles. The third-order valence-electron chi connectivity index (χ3n) is 13.9. The molecule has 0 bridgehead atoms. The second-order valence-electron chi connectivity index (χ2n) is 19.9. The van der Waals surface area contributed by atoms with E-state index in [0.29, 0.717) is 93.9 Å². The van der Waals surface area contributed by atoms with Crippen molar-refractivity contribution in [2.45, 2.75) is 108 Å². The Morgan fingerprint density at radius 1 is 0.750 bits per heavy atom. The minimum absolute atomic E-state index is 0.00681. The molecule has 10 rings (SSSR count). The van der Waals surface area contributed by atoms with E-state index in [0.717, 1.165) is 65.7 Å². The van der Waals surface area contributed by atoms with Crippen LogP contribution >= 0.6 is 0 Å². The van der Waals surface area contributed by atoms with Crippen LogP contribution in [0.4, 0.5) is 4.79 Å². The lowest BCUT2D eigenvalue weighted by Crippen LogP contribution is -2.41. The van der Waals surface area contributed by atoms with Gasteiger partial charge in [0.1, 0.15) is 23.6 Å². The highest BCUT2D eigenvalue weighted by molar-refractivity contribution is 7.89. The zero-order chi connectivity index (χ0) is 53.7. The van der Waals surface area contributed by atoms with E-state index in [4.69, 9.17) is 18.5 Å². The van der Waals surface area contributed by atoms with Crippen molar-refractivity contribution >= 4 is 16.1 Å². The van der Waals surface area contributed by atoms with Crippen molar-refractivity contribution in [3.63, 3.8) is 0 Å². The molecule has 2 amide bonds. The highest BCUT2D eigenvalue weighted by Crippen LogP contribution is 2.43. The molecule has 18 heteroatoms. The lowest BCUT2D eigenvalue weighted by molar-refractivity contribution is 0.199. The van der Waals surface area contributed by atoms with Crippen molar-refractivity contribution in [2.24, 2.45) is 0 Å². The van der Waals surface area contributed by atoms with E-state index in [1.165, 1.54) is 0 Å². The predicted octanol–water partition coefficient (Wildman–Crippen LogP) is 10.5. The number of carbonyl (C=O) groups excluding carboxylic acids is 1. The molecule has 1 fully saturated rings. The van der Waals surface area contributed by atoms with Crippen LogP contribution in [-0.2, 0) is 22.9 Å². The SMILES string of the molecule is CC(C)Oc1ccc(-c2nc(-c3cccc4c3CC[C@@H]4NC(=O)N3CC[C@@H](N(C)C)C3)no2)cc1C#N.CCCN([C@@H]1CCc2c(-c3noc(-c4ccc(OC(C)C)c(C#N)c4)n3)cccc21)S(=O)(=O)c1ccccc1. The molecule has 392 valence electrons. The first-order chi connectivity index (χ1) is 36.7. The Morgan fingerprint density at radius 3 is 1.83 bits per heavy atom. The van der Waals surface area contributed by atoms with Crippen LogP contribution in [0.5, 0.6) is 11.5 Å². The molecule has 0 unspecified atom stereocenters. The average Bonchev–Trinajstić information content (AvgIpc) is 4.30. The van der Waals surface area contributed by atoms with E-state index in [1.807, 2.05) is 82.0 Å². The van der Waals surface area contributed by atoms with Gasteiger partial charge in [-0.2, -0.15) is 24.8 Å². The number of fused-ring (bicyclic) bond motifs is 2. The minimum Gasteiger partial charge on any atom is -0.490 e. The van der Waals surface area contributed by atoms with Gasteiger partial charge in [0, 0.05) is 47.9 Å². The Bertz CT molecular complexity index is 3420. The van der Waals surface area contributed by atoms with Gasteiger partial charge in [0.2, 0.25) is 21.7 Å². The highest BCUT2D eigenvalue weighted by Gasteiger charge is 2.38. The molecule has 76 heavy (non-hydrogen) atoms. The first-order valence-corrected chi connectivity index (χ1v) is 27.2. The van der Waals surface area contributed by atoms with Crippen LogP contribution < -0.4 is 14.8 Å². The van der Waals surface area contributed by atoms with Crippen LogP contribution in [0.25, 0.3) is 45.7 Å². The number of rotatable bonds is 15. The second kappa shape index (κ2) is 22.9. The minimum atomic E-state index is -3.67. The molecule has 1 aliphatic heterocycles. The number of nitriles is 2. The Balaban J connectivity index is 0.000000186. The number of benzene rings is 5. The summed E-state index contributed by atoms with van der Waals surface area (Å²) in [4.78, 5) is 26.6. The van der Waals surface area contributed by atoms with Crippen LogP contribution in [0.15, 0.2) is 117 Å². The summed E-state index contributed by atoms with van der Waals surface area (Å²) in [6.45, 7) is 11.6. The number of urea groups is 1. The fourth-order valence-electron chi connectivity index (χ4n) is 10.2. The molecule has 17 nitrogen and oxygen atoms in total. The average molecular weight is 1040 g/mol. The maximum atomic E-state index is 13.6. The third-order valence-corrected chi connectivity index (χ3v) is 15.8. The quantitative estimate of drug-likeness (QED) is 0.101. The van der Waals surface area contributed by atoms with Gasteiger partial charge >= 0.3 is 6.03 Å². The van der Waals surface area contributed by atoms with Gasteiger partial charge < -0.3 is 33.6 Å². The highest BCUT2D eigenvalue weighted by atomic mass is 32.2. The van der Waals surface area contributed by atoms with E-state index < -0.39 is 10.0 Å². The summed E-state index contributed by atoms with van der Waals surface area (Å²) in [5.74, 6) is 2.59. The molecule has 3 aliphatic rings. The fraction of sp³-hybridized carbons (Fsp3) is 0.362. The number of hydrogen-bond acceptors (Lipinski definition) is 14. The van der Waals surface area contributed by atoms with Crippen LogP contribution in [0.3, 0.4) is 0 Å². The lowest BCUT2D eigenvalue weighted by Gasteiger charge is -2.28. The summed E-state index contributed by atoms with van der Waals surface area (Å²) in [5.41, 5.74) is 8.03. The van der Waals surface area contributed by atoms with Crippen molar-refractivity contribution < 1.29 is 31.7 Å². The van der Waals surface area contributed by atoms with Gasteiger partial charge in [-0.05, 0) is 151 Å². The van der Waals surface area contributed by atoms with Gasteiger partial charge in [-0.25, -0.2) is 13.2 Å². The molecule has 2 aliphatic carbocycles. The standard InChI is InChI=1S/C30H30N4O4S.C28H32N6O3/c1-4-17-34(39(35,36)23-9-6-5-7-10-23)27-15-14-24-25(27)11-8-12-26(24)29-32-30(38-33-29)21-13-16-28(37-20(2)3)22(18-21)19-31;1-17(2)36-25-11-8-18(14-19(25)15-29)27-31-26(32-37-27)23-7-5-6-22-21(23)9-10-24(22)30-28(35)34-13-12-20(16-34)33(3)4/h5-13,16,18,20,27H,4,14-15,17H2,1-3H3;5-8,11,14,17,20,24H,9-10,12-13,16H2,1-4H3,(H,30,35)/t27-;20-,24+/m11/s1. The normalized spacial score (nSPS) is 16.8. The molecule has 0 spiro atoms. The van der Waals surface area contributed by atoms with E-state index in [-0.39, 0.29) is 30.3 Å². The molecular formula is C58H62N10O7S. The number of carbonyl (C=O) groups is 1. The maximum Gasteiger partial charge on any atom is 0.317 e. The molecule has 5 aromatic carbocycles. The van der Waals surface area contributed by atoms with Crippen LogP contribution in [0.2, 0.25) is 0 Å². The van der Waals surface area contributed by atoms with Gasteiger partial charge in [-0.3, -0.25) is 0 Å². The number of hydrogen-bond donors (Lipinski definition) is 1. The molecular weight excluding hydrogens is 981 g/mol. The van der Waals surface area contributed by atoms with Crippen molar-refractivity contribution in [1.82, 2.24) is 39.7 Å². The number of sulfonamides is 1. The summed E-state index contributed by atoms with van der Waals surface area (Å²) in [5, 5.41) is 30.9. The zero-order valence-corrected chi connectivity index (χ0v) is 44.7. The van der Waals surface area contributed by atoms with Crippen LogP contribution in [-0.4, -0.2) is 101 Å². The smallest absolute Gasteiger partial charge is 0.317 e. The number of ether oxygens (including phenoxy) is 2. The van der Waals surface area contributed by atoms with E-state index in [9.17, 15) is 23.7 Å². The largest absolute Gasteiger partial charge is 0.490 e. The summed E-state index contributed by atoms with van der Waals surface area (Å²) in [6.07, 6.45) is 4.63. The molecule has 0 saturated carbocycles. The second-order valence-corrected chi connectivity index (χ2v) is 21.8. The van der Waals surface area contributed by atoms with Gasteiger partial charge in [-0.15, -0.1) is 0 Å². The van der Waals surface area contributed by atoms with Gasteiger partial charge in [0.15, 0.2) is 0 Å². The first kappa shape index (κ1) is 52.9. The summed E-state index contributed by atoms with van der Waals surface area (Å²) < 4.78 is 51.5. The van der Waals surface area contributed by atoms with Crippen molar-refractivity contribution in [1.29, 1.82) is 10.5 Å². The summed E-state index contributed by atoms with van der Waals surface area (Å²) >= 11 is 0. The van der Waals surface area contributed by atoms with Gasteiger partial charge in [0.25, 0.3) is 11.8 Å². The Morgan fingerprint density at radius 2 is 1.30 bits per heavy atom. The molecule has 3 atom stereocenters. The van der Waals surface area contributed by atoms with E-state index in [1.54, 1.807) is 58.9 Å². The Labute approximate surface area is 444 Å². The Hall–Kier alpha value is -7.90. The molecule has 0 radical (unpaired) electrons. The molecule has 2 aromatic heterocycles. The summed E-state index contributed by atoms with van der Waals surface area (Å²) in [6, 6.07) is 35.4.